The minimum absolute atomic E-state index is 0.0734. The lowest BCUT2D eigenvalue weighted by Crippen LogP contribution is -2.36. The van der Waals surface area contributed by atoms with Crippen molar-refractivity contribution in [3.8, 4) is 11.4 Å². The molecular formula is C17H22F3N5O3S. The highest BCUT2D eigenvalue weighted by Crippen LogP contribution is 2.44. The number of H-pyrrole nitrogens is 1. The summed E-state index contributed by atoms with van der Waals surface area (Å²) in [4.78, 5) is 1.04. The molecule has 160 valence electrons. The van der Waals surface area contributed by atoms with E-state index in [0.29, 0.717) is 25.2 Å². The number of halogens is 3. The van der Waals surface area contributed by atoms with Crippen molar-refractivity contribution in [2.24, 2.45) is 5.92 Å². The van der Waals surface area contributed by atoms with Crippen molar-refractivity contribution in [2.75, 3.05) is 30.9 Å². The van der Waals surface area contributed by atoms with Gasteiger partial charge in [-0.25, -0.2) is 13.5 Å². The summed E-state index contributed by atoms with van der Waals surface area (Å²) in [6, 6.07) is 2.08. The maximum Gasteiger partial charge on any atom is 0.417 e. The van der Waals surface area contributed by atoms with Crippen LogP contribution in [0.25, 0.3) is 11.4 Å². The summed E-state index contributed by atoms with van der Waals surface area (Å²) in [5.41, 5.74) is -1.08. The van der Waals surface area contributed by atoms with Crippen molar-refractivity contribution >= 4 is 15.5 Å². The number of aliphatic hydroxyl groups excluding tert-OH is 1. The van der Waals surface area contributed by atoms with Crippen LogP contribution < -0.4 is 4.90 Å². The minimum atomic E-state index is -4.86. The molecule has 8 nitrogen and oxygen atoms in total. The topological polar surface area (TPSA) is 112 Å². The van der Waals surface area contributed by atoms with E-state index in [1.807, 2.05) is 4.90 Å². The Balaban J connectivity index is 2.18. The summed E-state index contributed by atoms with van der Waals surface area (Å²) in [6.07, 6.45) is -0.945. The van der Waals surface area contributed by atoms with Gasteiger partial charge in [0.25, 0.3) is 0 Å². The van der Waals surface area contributed by atoms with Crippen LogP contribution in [0.4, 0.5) is 18.9 Å². The number of tetrazole rings is 1. The van der Waals surface area contributed by atoms with Crippen LogP contribution in [0.2, 0.25) is 0 Å². The van der Waals surface area contributed by atoms with Crippen LogP contribution in [0.1, 0.15) is 31.2 Å². The molecule has 29 heavy (non-hydrogen) atoms. The Labute approximate surface area is 166 Å². The quantitative estimate of drug-likeness (QED) is 0.719. The van der Waals surface area contributed by atoms with Crippen LogP contribution in [0, 0.1) is 5.92 Å². The molecule has 2 aromatic rings. The van der Waals surface area contributed by atoms with E-state index in [1.54, 1.807) is 0 Å². The Hall–Kier alpha value is -2.21. The molecule has 1 fully saturated rings. The van der Waals surface area contributed by atoms with Gasteiger partial charge in [-0.05, 0) is 54.2 Å². The van der Waals surface area contributed by atoms with E-state index in [1.165, 1.54) is 6.07 Å². The number of benzene rings is 1. The number of aliphatic hydroxyl groups is 1. The SMILES string of the molecule is CS(=O)(=O)c1c(C(F)(F)F)ccc(N2CCCC(CCCO)C2)c1-c1nnn[nH]1. The first-order valence-electron chi connectivity index (χ1n) is 9.17. The van der Waals surface area contributed by atoms with Gasteiger partial charge in [-0.1, -0.05) is 0 Å². The molecule has 12 heteroatoms. The van der Waals surface area contributed by atoms with E-state index in [9.17, 15) is 21.6 Å². The lowest BCUT2D eigenvalue weighted by molar-refractivity contribution is -0.139. The fourth-order valence-corrected chi connectivity index (χ4v) is 4.99. The van der Waals surface area contributed by atoms with Crippen molar-refractivity contribution in [2.45, 2.75) is 36.8 Å². The monoisotopic (exact) mass is 433 g/mol. The summed E-state index contributed by atoms with van der Waals surface area (Å²) in [5, 5.41) is 22.0. The van der Waals surface area contributed by atoms with Crippen molar-refractivity contribution < 1.29 is 26.7 Å². The second kappa shape index (κ2) is 8.27. The number of sulfone groups is 1. The molecule has 1 atom stereocenters. The number of hydrogen-bond donors (Lipinski definition) is 2. The zero-order valence-electron chi connectivity index (χ0n) is 15.8. The fraction of sp³-hybridized carbons (Fsp3) is 0.588. The second-order valence-electron chi connectivity index (χ2n) is 7.18. The molecular weight excluding hydrogens is 411 g/mol. The summed E-state index contributed by atoms with van der Waals surface area (Å²) < 4.78 is 65.7. The van der Waals surface area contributed by atoms with Gasteiger partial charge >= 0.3 is 6.18 Å². The van der Waals surface area contributed by atoms with Gasteiger partial charge in [0.1, 0.15) is 0 Å². The van der Waals surface area contributed by atoms with Gasteiger partial charge in [-0.15, -0.1) is 5.10 Å². The Kier molecular flexibility index (Phi) is 6.13. The maximum atomic E-state index is 13.6. The lowest BCUT2D eigenvalue weighted by Gasteiger charge is -2.36. The molecule has 0 spiro atoms. The number of nitrogens with one attached hydrogen (secondary N) is 1. The van der Waals surface area contributed by atoms with Gasteiger partial charge in [-0.2, -0.15) is 13.2 Å². The molecule has 2 N–H and O–H groups in total. The Morgan fingerprint density at radius 1 is 1.34 bits per heavy atom. The lowest BCUT2D eigenvalue weighted by atomic mass is 9.92. The van der Waals surface area contributed by atoms with Gasteiger partial charge in [-0.3, -0.25) is 0 Å². The molecule has 3 rings (SSSR count). The largest absolute Gasteiger partial charge is 0.417 e. The van der Waals surface area contributed by atoms with E-state index < -0.39 is 26.5 Å². The first-order chi connectivity index (χ1) is 13.6. The number of aromatic amines is 1. The first-order valence-corrected chi connectivity index (χ1v) is 11.1. The maximum absolute atomic E-state index is 13.6. The van der Waals surface area contributed by atoms with Gasteiger partial charge in [0, 0.05) is 31.6 Å². The van der Waals surface area contributed by atoms with E-state index in [2.05, 4.69) is 20.6 Å². The molecule has 1 saturated heterocycles. The average Bonchev–Trinajstić information content (AvgIpc) is 3.18. The van der Waals surface area contributed by atoms with Crippen molar-refractivity contribution in [1.82, 2.24) is 20.6 Å². The van der Waals surface area contributed by atoms with E-state index in [-0.39, 0.29) is 23.9 Å². The van der Waals surface area contributed by atoms with Crippen LogP contribution in [-0.4, -0.2) is 60.1 Å². The molecule has 0 bridgehead atoms. The zero-order chi connectivity index (χ0) is 21.2. The molecule has 0 aliphatic carbocycles. The highest BCUT2D eigenvalue weighted by Gasteiger charge is 2.40. The van der Waals surface area contributed by atoms with Gasteiger partial charge in [0.2, 0.25) is 0 Å². The molecule has 2 heterocycles. The highest BCUT2D eigenvalue weighted by molar-refractivity contribution is 7.91. The fourth-order valence-electron chi connectivity index (χ4n) is 3.84. The Morgan fingerprint density at radius 2 is 2.10 bits per heavy atom. The van der Waals surface area contributed by atoms with E-state index in [4.69, 9.17) is 5.11 Å². The van der Waals surface area contributed by atoms with Crippen LogP contribution in [0.15, 0.2) is 17.0 Å². The number of rotatable bonds is 6. The summed E-state index contributed by atoms with van der Waals surface area (Å²) in [5.74, 6) is 0.115. The van der Waals surface area contributed by atoms with Crippen molar-refractivity contribution in [3.63, 3.8) is 0 Å². The molecule has 1 aromatic carbocycles. The summed E-state index contributed by atoms with van der Waals surface area (Å²) in [7, 11) is -4.26. The number of alkyl halides is 3. The van der Waals surface area contributed by atoms with E-state index in [0.717, 1.165) is 31.6 Å². The molecule has 1 aromatic heterocycles. The normalized spacial score (nSPS) is 18.2. The third-order valence-electron chi connectivity index (χ3n) is 5.02. The van der Waals surface area contributed by atoms with Crippen LogP contribution >= 0.6 is 0 Å². The molecule has 1 aliphatic rings. The third kappa shape index (κ3) is 4.69. The minimum Gasteiger partial charge on any atom is -0.396 e. The molecule has 1 unspecified atom stereocenters. The Bertz CT molecular complexity index is 948. The molecule has 1 aliphatic heterocycles. The molecule has 0 saturated carbocycles. The second-order valence-corrected chi connectivity index (χ2v) is 9.13. The van der Waals surface area contributed by atoms with Gasteiger partial charge in [0.15, 0.2) is 15.7 Å². The number of hydrogen-bond acceptors (Lipinski definition) is 7. The predicted octanol–water partition coefficient (Wildman–Crippen LogP) is 2.28. The van der Waals surface area contributed by atoms with Gasteiger partial charge < -0.3 is 10.0 Å². The zero-order valence-corrected chi connectivity index (χ0v) is 16.6. The predicted molar refractivity (Wildman–Crippen MR) is 99.0 cm³/mol. The number of nitrogens with zero attached hydrogens (tertiary/aromatic N) is 4. The van der Waals surface area contributed by atoms with Crippen LogP contribution in [-0.2, 0) is 16.0 Å². The smallest absolute Gasteiger partial charge is 0.396 e. The average molecular weight is 433 g/mol. The van der Waals surface area contributed by atoms with Gasteiger partial charge in [0.05, 0.1) is 16.0 Å². The standard InChI is InChI=1S/C17H22F3N5O3S/c1-29(27,28)15-12(17(18,19)20)6-7-13(14(15)16-21-23-24-22-16)25-8-2-4-11(10-25)5-3-9-26/h6-7,11,26H,2-5,8-10H2,1H3,(H,21,22,23,24). The summed E-state index contributed by atoms with van der Waals surface area (Å²) >= 11 is 0. The first kappa shape index (κ1) is 21.5. The third-order valence-corrected chi connectivity index (χ3v) is 6.19. The van der Waals surface area contributed by atoms with Crippen LogP contribution in [0.3, 0.4) is 0 Å². The van der Waals surface area contributed by atoms with Crippen molar-refractivity contribution in [1.29, 1.82) is 0 Å². The molecule has 0 amide bonds. The number of piperidine rings is 1. The molecule has 0 radical (unpaired) electrons. The van der Waals surface area contributed by atoms with E-state index >= 15 is 0 Å². The van der Waals surface area contributed by atoms with Crippen molar-refractivity contribution in [3.05, 3.63) is 17.7 Å². The summed E-state index contributed by atoms with van der Waals surface area (Å²) in [6.45, 7) is 1.19. The highest BCUT2D eigenvalue weighted by atomic mass is 32.2. The van der Waals surface area contributed by atoms with Crippen LogP contribution in [0.5, 0.6) is 0 Å². The Morgan fingerprint density at radius 3 is 2.69 bits per heavy atom. The number of aromatic nitrogens is 4. The number of anilines is 1.